The van der Waals surface area contributed by atoms with Gasteiger partial charge in [-0.2, -0.15) is 5.10 Å². The zero-order chi connectivity index (χ0) is 15.1. The molecule has 0 spiro atoms. The van der Waals surface area contributed by atoms with Gasteiger partial charge in [0.05, 0.1) is 11.2 Å². The molecule has 0 fully saturated rings. The maximum atomic E-state index is 12.2. The highest BCUT2D eigenvalue weighted by atomic mass is 79.9. The maximum Gasteiger partial charge on any atom is 0.324 e. The molecule has 0 bridgehead atoms. The van der Waals surface area contributed by atoms with Crippen LogP contribution < -0.4 is 0 Å². The number of halogens is 1. The molecule has 0 aromatic carbocycles. The van der Waals surface area contributed by atoms with Crippen molar-refractivity contribution in [2.45, 2.75) is 38.1 Å². The van der Waals surface area contributed by atoms with Crippen molar-refractivity contribution in [2.75, 3.05) is 0 Å². The number of carbonyl (C=O) groups is 1. The van der Waals surface area contributed by atoms with E-state index in [0.717, 1.165) is 22.2 Å². The first-order valence-corrected chi connectivity index (χ1v) is 7.26. The number of nitrogens with zero attached hydrogens (tertiary/aromatic N) is 3. The Kier molecular flexibility index (Phi) is 3.86. The molecule has 0 saturated carbocycles. The summed E-state index contributed by atoms with van der Waals surface area (Å²) >= 11 is 3.41. The fraction of sp³-hybridized carbons (Fsp3) is 0.500. The van der Waals surface area contributed by atoms with Gasteiger partial charge in [0, 0.05) is 30.4 Å². The van der Waals surface area contributed by atoms with E-state index in [4.69, 9.17) is 4.74 Å². The van der Waals surface area contributed by atoms with Crippen molar-refractivity contribution in [1.82, 2.24) is 14.8 Å². The van der Waals surface area contributed by atoms with Crippen LogP contribution in [-0.2, 0) is 16.6 Å². The zero-order valence-corrected chi connectivity index (χ0v) is 13.9. The Bertz CT molecular complexity index is 658. The number of pyridine rings is 1. The van der Waals surface area contributed by atoms with Crippen molar-refractivity contribution in [3.8, 4) is 0 Å². The Labute approximate surface area is 126 Å². The third-order valence-electron chi connectivity index (χ3n) is 2.85. The molecule has 2 aromatic rings. The van der Waals surface area contributed by atoms with Gasteiger partial charge < -0.3 is 4.74 Å². The molecular weight excluding hydrogens is 322 g/mol. The molecule has 0 N–H and O–H groups in total. The van der Waals surface area contributed by atoms with Crippen LogP contribution in [0.4, 0.5) is 0 Å². The van der Waals surface area contributed by atoms with E-state index in [-0.39, 0.29) is 5.97 Å². The van der Waals surface area contributed by atoms with Crippen LogP contribution in [0.1, 0.15) is 36.9 Å². The Hall–Kier alpha value is -1.43. The minimum Gasteiger partial charge on any atom is -0.459 e. The molecule has 0 saturated heterocycles. The molecule has 20 heavy (non-hydrogen) atoms. The van der Waals surface area contributed by atoms with E-state index in [1.807, 2.05) is 34.7 Å². The largest absolute Gasteiger partial charge is 0.459 e. The Morgan fingerprint density at radius 3 is 2.65 bits per heavy atom. The van der Waals surface area contributed by atoms with E-state index in [2.05, 4.69) is 26.0 Å². The summed E-state index contributed by atoms with van der Waals surface area (Å²) in [6.07, 6.45) is 3.43. The third-order valence-corrected chi connectivity index (χ3v) is 3.71. The highest BCUT2D eigenvalue weighted by Gasteiger charge is 2.27. The van der Waals surface area contributed by atoms with E-state index in [0.29, 0.717) is 0 Å². The van der Waals surface area contributed by atoms with Crippen molar-refractivity contribution in [3.63, 3.8) is 0 Å². The Balaban J connectivity index is 2.45. The number of aryl methyl sites for hydroxylation is 2. The number of esters is 1. The average Bonchev–Trinajstić information content (AvgIpc) is 2.62. The van der Waals surface area contributed by atoms with Crippen LogP contribution in [-0.4, -0.2) is 26.3 Å². The molecule has 108 valence electrons. The lowest BCUT2D eigenvalue weighted by Crippen LogP contribution is -2.26. The number of fused-ring (bicyclic) bond motifs is 1. The lowest BCUT2D eigenvalue weighted by molar-refractivity contribution is -0.154. The molecule has 2 rings (SSSR count). The molecule has 0 aliphatic heterocycles. The predicted molar refractivity (Wildman–Crippen MR) is 80.8 cm³/mol. The van der Waals surface area contributed by atoms with E-state index < -0.39 is 10.4 Å². The molecule has 0 amide bonds. The second kappa shape index (κ2) is 5.16. The van der Waals surface area contributed by atoms with Gasteiger partial charge in [-0.15, -0.1) is 0 Å². The second-order valence-corrected chi connectivity index (χ2v) is 6.65. The van der Waals surface area contributed by atoms with Gasteiger partial charge >= 0.3 is 5.97 Å². The lowest BCUT2D eigenvalue weighted by atomic mass is 10.1. The molecule has 2 aromatic heterocycles. The normalized spacial score (nSPS) is 13.5. The Morgan fingerprint density at radius 2 is 2.05 bits per heavy atom. The maximum absolute atomic E-state index is 12.2. The summed E-state index contributed by atoms with van der Waals surface area (Å²) in [5.41, 5.74) is 2.03. The quantitative estimate of drug-likeness (QED) is 0.623. The average molecular weight is 340 g/mol. The minimum atomic E-state index is -0.562. The Morgan fingerprint density at radius 1 is 1.40 bits per heavy atom. The number of hydrogen-bond acceptors (Lipinski definition) is 4. The van der Waals surface area contributed by atoms with Gasteiger partial charge in [0.15, 0.2) is 0 Å². The molecule has 0 radical (unpaired) electrons. The minimum absolute atomic E-state index is 0.328. The van der Waals surface area contributed by atoms with Gasteiger partial charge in [0.1, 0.15) is 10.4 Å². The summed E-state index contributed by atoms with van der Waals surface area (Å²) in [6.45, 7) is 7.46. The molecule has 6 heteroatoms. The van der Waals surface area contributed by atoms with Crippen molar-refractivity contribution < 1.29 is 9.53 Å². The number of carbonyl (C=O) groups excluding carboxylic acids is 1. The van der Waals surface area contributed by atoms with Crippen molar-refractivity contribution in [2.24, 2.45) is 7.05 Å². The van der Waals surface area contributed by atoms with E-state index in [9.17, 15) is 4.79 Å². The van der Waals surface area contributed by atoms with Crippen LogP contribution in [0.3, 0.4) is 0 Å². The van der Waals surface area contributed by atoms with Crippen molar-refractivity contribution in [1.29, 1.82) is 0 Å². The number of hydrogen-bond donors (Lipinski definition) is 0. The van der Waals surface area contributed by atoms with Crippen LogP contribution in [0.2, 0.25) is 0 Å². The number of ether oxygens (including phenoxy) is 1. The van der Waals surface area contributed by atoms with Crippen LogP contribution in [0.5, 0.6) is 0 Å². The SMILES string of the molecule is Cc1nn(C)c2c(C(Br)C(=O)OC(C)(C)C)cncc12. The first kappa shape index (κ1) is 15.0. The summed E-state index contributed by atoms with van der Waals surface area (Å²) in [5.74, 6) is -0.328. The summed E-state index contributed by atoms with van der Waals surface area (Å²) in [5, 5.41) is 5.31. The van der Waals surface area contributed by atoms with Crippen LogP contribution in [0.15, 0.2) is 12.4 Å². The smallest absolute Gasteiger partial charge is 0.324 e. The van der Waals surface area contributed by atoms with Crippen molar-refractivity contribution >= 4 is 32.8 Å². The fourth-order valence-electron chi connectivity index (χ4n) is 2.09. The lowest BCUT2D eigenvalue weighted by Gasteiger charge is -2.22. The van der Waals surface area contributed by atoms with Gasteiger partial charge in [0.25, 0.3) is 0 Å². The monoisotopic (exact) mass is 339 g/mol. The third kappa shape index (κ3) is 2.85. The predicted octanol–water partition coefficient (Wildman–Crippen LogP) is 3.05. The molecule has 0 aliphatic carbocycles. The number of rotatable bonds is 2. The summed E-state index contributed by atoms with van der Waals surface area (Å²) < 4.78 is 7.17. The van der Waals surface area contributed by atoms with Crippen LogP contribution in [0.25, 0.3) is 10.9 Å². The van der Waals surface area contributed by atoms with E-state index in [1.165, 1.54) is 0 Å². The summed E-state index contributed by atoms with van der Waals surface area (Å²) in [4.78, 5) is 15.8. The molecule has 2 heterocycles. The second-order valence-electron chi connectivity index (χ2n) is 5.73. The first-order valence-electron chi connectivity index (χ1n) is 6.35. The topological polar surface area (TPSA) is 57.0 Å². The number of alkyl halides is 1. The van der Waals surface area contributed by atoms with Gasteiger partial charge in [-0.3, -0.25) is 14.5 Å². The fourth-order valence-corrected chi connectivity index (χ4v) is 2.52. The first-order chi connectivity index (χ1) is 9.20. The summed E-state index contributed by atoms with van der Waals surface area (Å²) in [6, 6.07) is 0. The van der Waals surface area contributed by atoms with Gasteiger partial charge in [0.2, 0.25) is 0 Å². The highest BCUT2D eigenvalue weighted by Crippen LogP contribution is 2.32. The van der Waals surface area contributed by atoms with E-state index in [1.54, 1.807) is 17.1 Å². The standard InChI is InChI=1S/C14H18BrN3O2/c1-8-9-6-16-7-10(12(9)18(5)17-8)11(15)13(19)20-14(2,3)4/h6-7,11H,1-5H3. The zero-order valence-electron chi connectivity index (χ0n) is 12.3. The summed E-state index contributed by atoms with van der Waals surface area (Å²) in [7, 11) is 1.85. The molecule has 1 unspecified atom stereocenters. The van der Waals surface area contributed by atoms with Crippen LogP contribution >= 0.6 is 15.9 Å². The van der Waals surface area contributed by atoms with Crippen LogP contribution in [0, 0.1) is 6.92 Å². The van der Waals surface area contributed by atoms with Crippen molar-refractivity contribution in [3.05, 3.63) is 23.7 Å². The molecule has 0 aliphatic rings. The van der Waals surface area contributed by atoms with Gasteiger partial charge in [-0.25, -0.2) is 0 Å². The molecule has 5 nitrogen and oxygen atoms in total. The number of aromatic nitrogens is 3. The van der Waals surface area contributed by atoms with E-state index >= 15 is 0 Å². The molecule has 1 atom stereocenters. The molecular formula is C14H18BrN3O2. The highest BCUT2D eigenvalue weighted by molar-refractivity contribution is 9.09. The van der Waals surface area contributed by atoms with Gasteiger partial charge in [-0.1, -0.05) is 15.9 Å². The van der Waals surface area contributed by atoms with Gasteiger partial charge in [-0.05, 0) is 27.7 Å².